The van der Waals surface area contributed by atoms with Gasteiger partial charge in [0.05, 0.1) is 6.10 Å². The first-order valence-electron chi connectivity index (χ1n) is 9.21. The molecule has 130 valence electrons. The zero-order valence-electron chi connectivity index (χ0n) is 14.4. The van der Waals surface area contributed by atoms with Crippen LogP contribution in [0, 0.1) is 5.92 Å². The van der Waals surface area contributed by atoms with Gasteiger partial charge in [-0.1, -0.05) is 31.0 Å². The Hall–Kier alpha value is -2.17. The molecule has 0 amide bonds. The second-order valence-corrected chi connectivity index (χ2v) is 7.04. The van der Waals surface area contributed by atoms with Gasteiger partial charge in [-0.3, -0.25) is 0 Å². The number of aromatic amines is 1. The first kappa shape index (κ1) is 16.3. The molecule has 1 saturated carbocycles. The zero-order valence-corrected chi connectivity index (χ0v) is 14.4. The summed E-state index contributed by atoms with van der Waals surface area (Å²) in [7, 11) is 0. The van der Waals surface area contributed by atoms with Gasteiger partial charge in [0.1, 0.15) is 5.65 Å². The van der Waals surface area contributed by atoms with E-state index in [2.05, 4.69) is 51.7 Å². The van der Waals surface area contributed by atoms with Gasteiger partial charge in [-0.15, -0.1) is 0 Å². The number of fused-ring (bicyclic) bond motifs is 1. The maximum atomic E-state index is 10.1. The van der Waals surface area contributed by atoms with Gasteiger partial charge < -0.3 is 15.4 Å². The number of nitrogens with one attached hydrogen (secondary N) is 2. The summed E-state index contributed by atoms with van der Waals surface area (Å²) in [6, 6.07) is 12.8. The van der Waals surface area contributed by atoms with Crippen molar-refractivity contribution in [3.8, 4) is 11.1 Å². The van der Waals surface area contributed by atoms with Crippen molar-refractivity contribution < 1.29 is 5.11 Å². The van der Waals surface area contributed by atoms with Crippen LogP contribution in [-0.4, -0.2) is 27.7 Å². The number of benzene rings is 1. The Kier molecular flexibility index (Phi) is 4.81. The molecule has 0 saturated heterocycles. The quantitative estimate of drug-likeness (QED) is 0.663. The van der Waals surface area contributed by atoms with Crippen LogP contribution in [0.25, 0.3) is 22.2 Å². The summed E-state index contributed by atoms with van der Waals surface area (Å²) in [5, 5.41) is 14.8. The standard InChI is InChI=1S/C21H25N3O/c25-20-7-2-1-5-17(20)14-22-13-15-4-3-6-16(12-15)18-8-10-23-21-19(18)9-11-24-21/h3-4,6,8-12,17,20,22,25H,1-2,5,7,13-14H2,(H,23,24). The molecule has 4 rings (SSSR count). The summed E-state index contributed by atoms with van der Waals surface area (Å²) in [6.07, 6.45) is 8.15. The highest BCUT2D eigenvalue weighted by Crippen LogP contribution is 2.28. The molecule has 0 bridgehead atoms. The minimum atomic E-state index is -0.133. The van der Waals surface area contributed by atoms with Crippen molar-refractivity contribution in [1.29, 1.82) is 0 Å². The predicted molar refractivity (Wildman–Crippen MR) is 101 cm³/mol. The maximum Gasteiger partial charge on any atom is 0.137 e. The van der Waals surface area contributed by atoms with Gasteiger partial charge in [0.2, 0.25) is 0 Å². The minimum absolute atomic E-state index is 0.133. The van der Waals surface area contributed by atoms with Gasteiger partial charge in [0.25, 0.3) is 0 Å². The molecule has 3 aromatic rings. The molecule has 1 aliphatic carbocycles. The molecule has 0 aliphatic heterocycles. The van der Waals surface area contributed by atoms with E-state index in [1.54, 1.807) is 0 Å². The van der Waals surface area contributed by atoms with Gasteiger partial charge in [-0.05, 0) is 53.6 Å². The molecule has 3 N–H and O–H groups in total. The number of aliphatic hydroxyl groups excluding tert-OH is 1. The Morgan fingerprint density at radius 1 is 1.16 bits per heavy atom. The van der Waals surface area contributed by atoms with Gasteiger partial charge in [-0.2, -0.15) is 0 Å². The summed E-state index contributed by atoms with van der Waals surface area (Å²) in [6.45, 7) is 1.72. The minimum Gasteiger partial charge on any atom is -0.393 e. The van der Waals surface area contributed by atoms with Crippen LogP contribution in [0.2, 0.25) is 0 Å². The van der Waals surface area contributed by atoms with E-state index in [4.69, 9.17) is 0 Å². The number of rotatable bonds is 5. The van der Waals surface area contributed by atoms with E-state index in [-0.39, 0.29) is 6.10 Å². The van der Waals surface area contributed by atoms with E-state index in [0.29, 0.717) is 5.92 Å². The van der Waals surface area contributed by atoms with E-state index in [9.17, 15) is 5.11 Å². The highest BCUT2D eigenvalue weighted by molar-refractivity contribution is 5.92. The summed E-state index contributed by atoms with van der Waals surface area (Å²) in [4.78, 5) is 7.54. The number of nitrogens with zero attached hydrogens (tertiary/aromatic N) is 1. The van der Waals surface area contributed by atoms with Crippen LogP contribution in [-0.2, 0) is 6.54 Å². The van der Waals surface area contributed by atoms with E-state index in [0.717, 1.165) is 37.0 Å². The van der Waals surface area contributed by atoms with Crippen LogP contribution in [0.5, 0.6) is 0 Å². The number of hydrogen-bond acceptors (Lipinski definition) is 3. The van der Waals surface area contributed by atoms with E-state index in [1.165, 1.54) is 29.5 Å². The topological polar surface area (TPSA) is 60.9 Å². The molecule has 0 radical (unpaired) electrons. The second kappa shape index (κ2) is 7.38. The van der Waals surface area contributed by atoms with Crippen LogP contribution in [0.1, 0.15) is 31.2 Å². The van der Waals surface area contributed by atoms with Crippen molar-refractivity contribution in [3.63, 3.8) is 0 Å². The molecule has 2 heterocycles. The van der Waals surface area contributed by atoms with Gasteiger partial charge >= 0.3 is 0 Å². The van der Waals surface area contributed by atoms with Gasteiger partial charge in [0.15, 0.2) is 0 Å². The number of H-pyrrole nitrogens is 1. The average molecular weight is 335 g/mol. The molecule has 25 heavy (non-hydrogen) atoms. The predicted octanol–water partition coefficient (Wildman–Crippen LogP) is 3.87. The fourth-order valence-corrected chi connectivity index (χ4v) is 3.89. The summed E-state index contributed by atoms with van der Waals surface area (Å²) >= 11 is 0. The number of aromatic nitrogens is 2. The molecule has 2 aromatic heterocycles. The molecule has 1 aromatic carbocycles. The normalized spacial score (nSPS) is 20.8. The molecule has 1 fully saturated rings. The van der Waals surface area contributed by atoms with Crippen molar-refractivity contribution in [2.24, 2.45) is 5.92 Å². The SMILES string of the molecule is OC1CCCCC1CNCc1cccc(-c2ccnc3[nH]ccc23)c1. The molecular weight excluding hydrogens is 310 g/mol. The average Bonchev–Trinajstić information content (AvgIpc) is 3.12. The number of aliphatic hydroxyl groups is 1. The Morgan fingerprint density at radius 2 is 2.08 bits per heavy atom. The lowest BCUT2D eigenvalue weighted by Gasteiger charge is -2.27. The summed E-state index contributed by atoms with van der Waals surface area (Å²) in [5.41, 5.74) is 4.61. The van der Waals surface area contributed by atoms with Crippen LogP contribution in [0.4, 0.5) is 0 Å². The van der Waals surface area contributed by atoms with Crippen molar-refractivity contribution >= 4 is 11.0 Å². The van der Waals surface area contributed by atoms with Crippen LogP contribution >= 0.6 is 0 Å². The largest absolute Gasteiger partial charge is 0.393 e. The Labute approximate surface area is 148 Å². The highest BCUT2D eigenvalue weighted by atomic mass is 16.3. The molecule has 0 spiro atoms. The fourth-order valence-electron chi connectivity index (χ4n) is 3.89. The Morgan fingerprint density at radius 3 is 3.00 bits per heavy atom. The molecular formula is C21H25N3O. The Bertz CT molecular complexity index is 842. The zero-order chi connectivity index (χ0) is 17.1. The third-order valence-electron chi connectivity index (χ3n) is 5.30. The van der Waals surface area contributed by atoms with Crippen LogP contribution in [0.3, 0.4) is 0 Å². The summed E-state index contributed by atoms with van der Waals surface area (Å²) < 4.78 is 0. The summed E-state index contributed by atoms with van der Waals surface area (Å²) in [5.74, 6) is 0.400. The molecule has 1 aliphatic rings. The lowest BCUT2D eigenvalue weighted by atomic mass is 9.86. The van der Waals surface area contributed by atoms with E-state index in [1.807, 2.05) is 12.4 Å². The molecule has 4 heteroatoms. The molecule has 2 unspecified atom stereocenters. The monoisotopic (exact) mass is 335 g/mol. The fraction of sp³-hybridized carbons (Fsp3) is 0.381. The van der Waals surface area contributed by atoms with Crippen molar-refractivity contribution in [2.75, 3.05) is 6.54 Å². The van der Waals surface area contributed by atoms with E-state index < -0.39 is 0 Å². The van der Waals surface area contributed by atoms with Gasteiger partial charge in [0, 0.05) is 30.9 Å². The Balaban J connectivity index is 1.45. The smallest absolute Gasteiger partial charge is 0.137 e. The second-order valence-electron chi connectivity index (χ2n) is 7.04. The third-order valence-corrected chi connectivity index (χ3v) is 5.30. The highest BCUT2D eigenvalue weighted by Gasteiger charge is 2.22. The van der Waals surface area contributed by atoms with Crippen LogP contribution < -0.4 is 5.32 Å². The van der Waals surface area contributed by atoms with Gasteiger partial charge in [-0.25, -0.2) is 4.98 Å². The van der Waals surface area contributed by atoms with Crippen molar-refractivity contribution in [3.05, 3.63) is 54.4 Å². The third kappa shape index (κ3) is 3.60. The van der Waals surface area contributed by atoms with E-state index >= 15 is 0 Å². The van der Waals surface area contributed by atoms with Crippen molar-refractivity contribution in [2.45, 2.75) is 38.3 Å². The van der Waals surface area contributed by atoms with Crippen molar-refractivity contribution in [1.82, 2.24) is 15.3 Å². The lowest BCUT2D eigenvalue weighted by molar-refractivity contribution is 0.0695. The lowest BCUT2D eigenvalue weighted by Crippen LogP contribution is -2.33. The molecule has 4 nitrogen and oxygen atoms in total. The number of pyridine rings is 1. The number of hydrogen-bond donors (Lipinski definition) is 3. The first-order valence-corrected chi connectivity index (χ1v) is 9.21. The van der Waals surface area contributed by atoms with Crippen LogP contribution in [0.15, 0.2) is 48.8 Å². The first-order chi connectivity index (χ1) is 12.3. The maximum absolute atomic E-state index is 10.1. The molecule has 2 atom stereocenters.